The molecule has 3 rings (SSSR count). The van der Waals surface area contributed by atoms with Gasteiger partial charge in [0.1, 0.15) is 11.6 Å². The number of nitrogens with zero attached hydrogens (tertiary/aromatic N) is 1. The molecule has 4 nitrogen and oxygen atoms in total. The summed E-state index contributed by atoms with van der Waals surface area (Å²) in [6, 6.07) is 15.5. The highest BCUT2D eigenvalue weighted by atomic mass is 32.1. The molecule has 0 unspecified atom stereocenters. The fourth-order valence-corrected chi connectivity index (χ4v) is 3.72. The molecule has 0 saturated carbocycles. The smallest absolute Gasteiger partial charge is 0.264 e. The quantitative estimate of drug-likeness (QED) is 0.620. The van der Waals surface area contributed by atoms with E-state index in [1.807, 2.05) is 6.07 Å². The van der Waals surface area contributed by atoms with E-state index in [9.17, 15) is 18.4 Å². The molecular formula is C22H20F2N2O2S. The summed E-state index contributed by atoms with van der Waals surface area (Å²) in [7, 11) is 0. The van der Waals surface area contributed by atoms with Crippen molar-refractivity contribution in [2.45, 2.75) is 13.5 Å². The Morgan fingerprint density at radius 1 is 0.931 bits per heavy atom. The van der Waals surface area contributed by atoms with Crippen molar-refractivity contribution in [3.05, 3.63) is 82.7 Å². The molecule has 7 heteroatoms. The summed E-state index contributed by atoms with van der Waals surface area (Å²) >= 11 is 1.30. The molecule has 1 aromatic heterocycles. The largest absolute Gasteiger partial charge is 0.350 e. The third-order valence-corrected chi connectivity index (χ3v) is 5.47. The number of hydrogen-bond donors (Lipinski definition) is 1. The van der Waals surface area contributed by atoms with Crippen molar-refractivity contribution in [1.82, 2.24) is 10.2 Å². The van der Waals surface area contributed by atoms with Crippen molar-refractivity contribution in [1.29, 1.82) is 0 Å². The number of likely N-dealkylation sites (N-methyl/N-ethyl adjacent to an activating group) is 1. The average Bonchev–Trinajstić information content (AvgIpc) is 3.22. The van der Waals surface area contributed by atoms with Crippen LogP contribution in [-0.4, -0.2) is 29.8 Å². The summed E-state index contributed by atoms with van der Waals surface area (Å²) < 4.78 is 26.0. The molecule has 0 aliphatic heterocycles. The lowest BCUT2D eigenvalue weighted by atomic mass is 10.2. The topological polar surface area (TPSA) is 49.4 Å². The van der Waals surface area contributed by atoms with Crippen molar-refractivity contribution >= 4 is 23.2 Å². The first-order chi connectivity index (χ1) is 14.0. The van der Waals surface area contributed by atoms with Crippen LogP contribution in [-0.2, 0) is 11.3 Å². The third kappa shape index (κ3) is 5.48. The summed E-state index contributed by atoms with van der Waals surface area (Å²) in [6.07, 6.45) is 0. The Labute approximate surface area is 171 Å². The van der Waals surface area contributed by atoms with Gasteiger partial charge in [0.15, 0.2) is 0 Å². The Morgan fingerprint density at radius 2 is 1.55 bits per heavy atom. The maximum Gasteiger partial charge on any atom is 0.264 e. The molecule has 0 aliphatic rings. The molecule has 3 aromatic rings. The maximum absolute atomic E-state index is 13.1. The normalized spacial score (nSPS) is 10.6. The molecule has 0 radical (unpaired) electrons. The molecule has 1 N–H and O–H groups in total. The number of carbonyl (C=O) groups is 2. The van der Waals surface area contributed by atoms with Crippen molar-refractivity contribution in [3.8, 4) is 10.4 Å². The summed E-state index contributed by atoms with van der Waals surface area (Å²) in [5, 5.41) is 2.74. The highest BCUT2D eigenvalue weighted by Gasteiger charge is 2.19. The van der Waals surface area contributed by atoms with E-state index in [1.165, 1.54) is 40.5 Å². The first kappa shape index (κ1) is 20.7. The van der Waals surface area contributed by atoms with Gasteiger partial charge in [0.05, 0.1) is 11.4 Å². The molecule has 0 saturated heterocycles. The second-order valence-corrected chi connectivity index (χ2v) is 7.48. The molecule has 0 spiro atoms. The Morgan fingerprint density at radius 3 is 2.17 bits per heavy atom. The minimum atomic E-state index is -0.334. The van der Waals surface area contributed by atoms with Gasteiger partial charge in [-0.25, -0.2) is 8.78 Å². The van der Waals surface area contributed by atoms with E-state index in [0.717, 1.165) is 16.0 Å². The molecular weight excluding hydrogens is 394 g/mol. The van der Waals surface area contributed by atoms with Gasteiger partial charge >= 0.3 is 0 Å². The number of rotatable bonds is 7. The Hall–Kier alpha value is -3.06. The lowest BCUT2D eigenvalue weighted by Gasteiger charge is -2.19. The zero-order valence-electron chi connectivity index (χ0n) is 15.8. The van der Waals surface area contributed by atoms with Gasteiger partial charge in [0.2, 0.25) is 5.91 Å². The van der Waals surface area contributed by atoms with E-state index < -0.39 is 0 Å². The Balaban J connectivity index is 1.60. The van der Waals surface area contributed by atoms with E-state index in [0.29, 0.717) is 11.4 Å². The van der Waals surface area contributed by atoms with Crippen LogP contribution < -0.4 is 5.32 Å². The second kappa shape index (κ2) is 9.43. The molecule has 0 atom stereocenters. The number of carbonyl (C=O) groups excluding carboxylic acids is 2. The predicted molar refractivity (Wildman–Crippen MR) is 110 cm³/mol. The van der Waals surface area contributed by atoms with Crippen LogP contribution >= 0.6 is 11.3 Å². The molecule has 2 amide bonds. The fourth-order valence-electron chi connectivity index (χ4n) is 2.74. The van der Waals surface area contributed by atoms with E-state index >= 15 is 0 Å². The van der Waals surface area contributed by atoms with Crippen LogP contribution in [0.25, 0.3) is 10.4 Å². The number of halogens is 2. The lowest BCUT2D eigenvalue weighted by Crippen LogP contribution is -2.40. The number of amides is 2. The van der Waals surface area contributed by atoms with Crippen LogP contribution in [0.15, 0.2) is 60.7 Å². The van der Waals surface area contributed by atoms with E-state index in [2.05, 4.69) is 5.32 Å². The first-order valence-electron chi connectivity index (χ1n) is 9.12. The lowest BCUT2D eigenvalue weighted by molar-refractivity contribution is -0.121. The Bertz CT molecular complexity index is 985. The SMILES string of the molecule is CCN(CC(=O)NCc1ccc(F)cc1)C(=O)c1ccc(-c2ccc(F)cc2)s1. The summed E-state index contributed by atoms with van der Waals surface area (Å²) in [5.74, 6) is -1.17. The van der Waals surface area contributed by atoms with Crippen molar-refractivity contribution in [3.63, 3.8) is 0 Å². The maximum atomic E-state index is 13.1. The number of benzene rings is 2. The summed E-state index contributed by atoms with van der Waals surface area (Å²) in [6.45, 7) is 2.38. The molecule has 29 heavy (non-hydrogen) atoms. The molecule has 0 aliphatic carbocycles. The van der Waals surface area contributed by atoms with Crippen molar-refractivity contribution in [2.24, 2.45) is 0 Å². The molecule has 2 aromatic carbocycles. The molecule has 1 heterocycles. The van der Waals surface area contributed by atoms with E-state index in [1.54, 1.807) is 37.3 Å². The minimum absolute atomic E-state index is 0.0691. The molecule has 0 fully saturated rings. The van der Waals surface area contributed by atoms with E-state index in [4.69, 9.17) is 0 Å². The first-order valence-corrected chi connectivity index (χ1v) is 9.94. The van der Waals surface area contributed by atoms with Crippen molar-refractivity contribution in [2.75, 3.05) is 13.1 Å². The van der Waals surface area contributed by atoms with Gasteiger partial charge in [-0.3, -0.25) is 9.59 Å². The van der Waals surface area contributed by atoms with Gasteiger partial charge < -0.3 is 10.2 Å². The minimum Gasteiger partial charge on any atom is -0.350 e. The van der Waals surface area contributed by atoms with Gasteiger partial charge in [-0.05, 0) is 54.4 Å². The number of hydrogen-bond acceptors (Lipinski definition) is 3. The number of nitrogens with one attached hydrogen (secondary N) is 1. The fraction of sp³-hybridized carbons (Fsp3) is 0.182. The van der Waals surface area contributed by atoms with E-state index in [-0.39, 0.29) is 36.5 Å². The summed E-state index contributed by atoms with van der Waals surface area (Å²) in [4.78, 5) is 27.8. The van der Waals surface area contributed by atoms with Gasteiger partial charge in [-0.1, -0.05) is 24.3 Å². The van der Waals surface area contributed by atoms with Crippen LogP contribution in [0.5, 0.6) is 0 Å². The van der Waals surface area contributed by atoms with Crippen LogP contribution in [0.2, 0.25) is 0 Å². The van der Waals surface area contributed by atoms with Crippen LogP contribution in [0, 0.1) is 11.6 Å². The average molecular weight is 414 g/mol. The highest BCUT2D eigenvalue weighted by molar-refractivity contribution is 7.17. The van der Waals surface area contributed by atoms with Crippen LogP contribution in [0.4, 0.5) is 8.78 Å². The van der Waals surface area contributed by atoms with Gasteiger partial charge in [0, 0.05) is 18.0 Å². The second-order valence-electron chi connectivity index (χ2n) is 6.39. The number of thiophene rings is 1. The standard InChI is InChI=1S/C22H20F2N2O2S/c1-2-26(14-21(27)25-13-15-3-7-17(23)8-4-15)22(28)20-12-11-19(29-20)16-5-9-18(24)10-6-16/h3-12H,2,13-14H2,1H3,(H,25,27). The van der Waals surface area contributed by atoms with Gasteiger partial charge in [-0.15, -0.1) is 11.3 Å². The third-order valence-electron chi connectivity index (χ3n) is 4.35. The molecule has 150 valence electrons. The monoisotopic (exact) mass is 414 g/mol. The van der Waals surface area contributed by atoms with Crippen molar-refractivity contribution < 1.29 is 18.4 Å². The highest BCUT2D eigenvalue weighted by Crippen LogP contribution is 2.29. The summed E-state index contributed by atoms with van der Waals surface area (Å²) in [5.41, 5.74) is 1.60. The Kier molecular flexibility index (Phi) is 6.72. The zero-order valence-corrected chi connectivity index (χ0v) is 16.6. The zero-order chi connectivity index (χ0) is 20.8. The van der Waals surface area contributed by atoms with Gasteiger partial charge in [0.25, 0.3) is 5.91 Å². The molecule has 0 bridgehead atoms. The predicted octanol–water partition coefficient (Wildman–Crippen LogP) is 4.47. The van der Waals surface area contributed by atoms with Crippen LogP contribution in [0.3, 0.4) is 0 Å². The van der Waals surface area contributed by atoms with Gasteiger partial charge in [-0.2, -0.15) is 0 Å². The van der Waals surface area contributed by atoms with Crippen LogP contribution in [0.1, 0.15) is 22.2 Å².